The summed E-state index contributed by atoms with van der Waals surface area (Å²) in [5.74, 6) is 1.57. The summed E-state index contributed by atoms with van der Waals surface area (Å²) in [5.41, 5.74) is 0.470. The summed E-state index contributed by atoms with van der Waals surface area (Å²) in [6.07, 6.45) is 2.71. The van der Waals surface area contributed by atoms with E-state index in [-0.39, 0.29) is 11.9 Å². The molecule has 19 heavy (non-hydrogen) atoms. The van der Waals surface area contributed by atoms with Crippen molar-refractivity contribution in [3.63, 3.8) is 0 Å². The van der Waals surface area contributed by atoms with Gasteiger partial charge in [0.25, 0.3) is 5.91 Å². The fraction of sp³-hybridized carbons (Fsp3) is 0.500. The SMILES string of the molecule is CCc1nc2n(n1)CCCC2NC(=O)c1ccsn1. The number of nitrogens with one attached hydrogen (secondary N) is 1. The largest absolute Gasteiger partial charge is 0.341 e. The third kappa shape index (κ3) is 2.37. The van der Waals surface area contributed by atoms with Gasteiger partial charge in [0.15, 0.2) is 5.82 Å². The summed E-state index contributed by atoms with van der Waals surface area (Å²) in [5, 5.41) is 9.23. The molecule has 0 spiro atoms. The molecule has 0 radical (unpaired) electrons. The van der Waals surface area contributed by atoms with Gasteiger partial charge in [0.1, 0.15) is 11.5 Å². The number of aromatic nitrogens is 4. The van der Waals surface area contributed by atoms with Crippen LogP contribution in [0.3, 0.4) is 0 Å². The molecular weight excluding hydrogens is 262 g/mol. The summed E-state index contributed by atoms with van der Waals surface area (Å²) in [6, 6.07) is 1.67. The van der Waals surface area contributed by atoms with Crippen LogP contribution in [0, 0.1) is 0 Å². The number of hydrogen-bond donors (Lipinski definition) is 1. The van der Waals surface area contributed by atoms with E-state index in [2.05, 4.69) is 19.8 Å². The fourth-order valence-corrected chi connectivity index (χ4v) is 2.76. The molecule has 7 heteroatoms. The normalized spacial score (nSPS) is 18.1. The maximum Gasteiger partial charge on any atom is 0.271 e. The van der Waals surface area contributed by atoms with Gasteiger partial charge < -0.3 is 5.32 Å². The summed E-state index contributed by atoms with van der Waals surface area (Å²) >= 11 is 1.28. The first-order valence-corrected chi connectivity index (χ1v) is 7.26. The van der Waals surface area contributed by atoms with Gasteiger partial charge in [0, 0.05) is 18.3 Å². The third-order valence-corrected chi connectivity index (χ3v) is 3.77. The predicted octanol–water partition coefficient (Wildman–Crippen LogP) is 1.56. The topological polar surface area (TPSA) is 72.7 Å². The Labute approximate surface area is 115 Å². The molecule has 6 nitrogen and oxygen atoms in total. The number of amides is 1. The number of fused-ring (bicyclic) bond motifs is 1. The molecule has 0 bridgehead atoms. The zero-order valence-electron chi connectivity index (χ0n) is 10.7. The van der Waals surface area contributed by atoms with E-state index in [9.17, 15) is 4.79 Å². The van der Waals surface area contributed by atoms with Crippen LogP contribution in [0.15, 0.2) is 11.4 Å². The maximum atomic E-state index is 12.0. The fourth-order valence-electron chi connectivity index (χ4n) is 2.25. The van der Waals surface area contributed by atoms with Gasteiger partial charge in [0.05, 0.1) is 6.04 Å². The van der Waals surface area contributed by atoms with Crippen LogP contribution in [0.5, 0.6) is 0 Å². The van der Waals surface area contributed by atoms with Crippen LogP contribution in [-0.4, -0.2) is 25.0 Å². The van der Waals surface area contributed by atoms with Gasteiger partial charge in [-0.2, -0.15) is 9.47 Å². The van der Waals surface area contributed by atoms with E-state index in [1.54, 1.807) is 11.4 Å². The summed E-state index contributed by atoms with van der Waals surface area (Å²) in [7, 11) is 0. The van der Waals surface area contributed by atoms with Gasteiger partial charge in [-0.15, -0.1) is 0 Å². The Morgan fingerprint density at radius 3 is 3.26 bits per heavy atom. The lowest BCUT2D eigenvalue weighted by atomic mass is 10.1. The first-order valence-electron chi connectivity index (χ1n) is 6.42. The molecule has 1 N–H and O–H groups in total. The van der Waals surface area contributed by atoms with Gasteiger partial charge in [-0.1, -0.05) is 6.92 Å². The molecule has 3 heterocycles. The number of rotatable bonds is 3. The Bertz CT molecular complexity index is 577. The summed E-state index contributed by atoms with van der Waals surface area (Å²) in [4.78, 5) is 16.5. The molecule has 1 amide bonds. The average molecular weight is 277 g/mol. The highest BCUT2D eigenvalue weighted by atomic mass is 32.1. The van der Waals surface area contributed by atoms with E-state index < -0.39 is 0 Å². The van der Waals surface area contributed by atoms with E-state index in [1.165, 1.54) is 11.5 Å². The molecule has 1 aliphatic heterocycles. The van der Waals surface area contributed by atoms with Gasteiger partial charge in [-0.05, 0) is 30.4 Å². The number of nitrogens with zero attached hydrogens (tertiary/aromatic N) is 4. The summed E-state index contributed by atoms with van der Waals surface area (Å²) < 4.78 is 5.96. The lowest BCUT2D eigenvalue weighted by molar-refractivity contribution is 0.0923. The first-order chi connectivity index (χ1) is 9.28. The molecule has 0 saturated carbocycles. The molecule has 1 atom stereocenters. The van der Waals surface area contributed by atoms with Crippen LogP contribution in [0.2, 0.25) is 0 Å². The highest BCUT2D eigenvalue weighted by molar-refractivity contribution is 7.03. The molecule has 100 valence electrons. The minimum atomic E-state index is -0.138. The van der Waals surface area contributed by atoms with Crippen molar-refractivity contribution in [2.75, 3.05) is 0 Å². The average Bonchev–Trinajstić information content (AvgIpc) is 3.08. The molecule has 3 rings (SSSR count). The predicted molar refractivity (Wildman–Crippen MR) is 71.0 cm³/mol. The minimum absolute atomic E-state index is 0.0595. The second-order valence-corrected chi connectivity index (χ2v) is 5.18. The van der Waals surface area contributed by atoms with Gasteiger partial charge >= 0.3 is 0 Å². The van der Waals surface area contributed by atoms with Crippen LogP contribution in [0.1, 0.15) is 47.9 Å². The van der Waals surface area contributed by atoms with Crippen molar-refractivity contribution in [1.82, 2.24) is 24.5 Å². The van der Waals surface area contributed by atoms with Crippen LogP contribution < -0.4 is 5.32 Å². The van der Waals surface area contributed by atoms with Gasteiger partial charge in [0.2, 0.25) is 0 Å². The van der Waals surface area contributed by atoms with Gasteiger partial charge in [-0.3, -0.25) is 4.79 Å². The smallest absolute Gasteiger partial charge is 0.271 e. The monoisotopic (exact) mass is 277 g/mol. The first kappa shape index (κ1) is 12.3. The van der Waals surface area contributed by atoms with Crippen LogP contribution >= 0.6 is 11.5 Å². The van der Waals surface area contributed by atoms with Crippen molar-refractivity contribution in [3.05, 3.63) is 28.8 Å². The highest BCUT2D eigenvalue weighted by Gasteiger charge is 2.26. The van der Waals surface area contributed by atoms with E-state index in [4.69, 9.17) is 0 Å². The lowest BCUT2D eigenvalue weighted by Crippen LogP contribution is -2.33. The van der Waals surface area contributed by atoms with Crippen LogP contribution in [-0.2, 0) is 13.0 Å². The molecule has 2 aromatic rings. The van der Waals surface area contributed by atoms with Crippen molar-refractivity contribution in [3.8, 4) is 0 Å². The Hall–Kier alpha value is -1.76. The zero-order chi connectivity index (χ0) is 13.2. The van der Waals surface area contributed by atoms with Crippen molar-refractivity contribution in [1.29, 1.82) is 0 Å². The maximum absolute atomic E-state index is 12.0. The number of carbonyl (C=O) groups excluding carboxylic acids is 1. The Morgan fingerprint density at radius 1 is 1.63 bits per heavy atom. The van der Waals surface area contributed by atoms with Crippen molar-refractivity contribution in [2.45, 2.75) is 38.8 Å². The Kier molecular flexibility index (Phi) is 3.29. The molecule has 0 aliphatic carbocycles. The molecular formula is C12H15N5OS. The van der Waals surface area contributed by atoms with E-state index in [0.29, 0.717) is 5.69 Å². The van der Waals surface area contributed by atoms with Crippen molar-refractivity contribution < 1.29 is 4.79 Å². The number of carbonyl (C=O) groups is 1. The van der Waals surface area contributed by atoms with Crippen molar-refractivity contribution in [2.24, 2.45) is 0 Å². The van der Waals surface area contributed by atoms with E-state index >= 15 is 0 Å². The molecule has 1 unspecified atom stereocenters. The van der Waals surface area contributed by atoms with Crippen LogP contribution in [0.25, 0.3) is 0 Å². The van der Waals surface area contributed by atoms with E-state index in [0.717, 1.165) is 37.5 Å². The number of hydrogen-bond acceptors (Lipinski definition) is 5. The minimum Gasteiger partial charge on any atom is -0.341 e. The molecule has 0 saturated heterocycles. The summed E-state index contributed by atoms with van der Waals surface area (Å²) in [6.45, 7) is 2.91. The second-order valence-electron chi connectivity index (χ2n) is 4.52. The zero-order valence-corrected chi connectivity index (χ0v) is 11.5. The van der Waals surface area contributed by atoms with Gasteiger partial charge in [-0.25, -0.2) is 9.67 Å². The second kappa shape index (κ2) is 5.08. The standard InChI is InChI=1S/C12H15N5OS/c1-2-10-14-11-8(4-3-6-17(11)15-10)13-12(18)9-5-7-19-16-9/h5,7-8H,2-4,6H2,1H3,(H,13,18). The molecule has 1 aliphatic rings. The molecule has 0 fully saturated rings. The third-order valence-electron chi connectivity index (χ3n) is 3.21. The Morgan fingerprint density at radius 2 is 2.53 bits per heavy atom. The quantitative estimate of drug-likeness (QED) is 0.924. The Balaban J connectivity index is 1.80. The van der Waals surface area contributed by atoms with Crippen LogP contribution in [0.4, 0.5) is 0 Å². The molecule has 0 aromatic carbocycles. The number of aryl methyl sites for hydroxylation is 2. The van der Waals surface area contributed by atoms with E-state index in [1.807, 2.05) is 11.6 Å². The molecule has 2 aromatic heterocycles. The van der Waals surface area contributed by atoms with Crippen molar-refractivity contribution >= 4 is 17.4 Å². The highest BCUT2D eigenvalue weighted by Crippen LogP contribution is 2.23. The lowest BCUT2D eigenvalue weighted by Gasteiger charge is -2.22.